The first kappa shape index (κ1) is 18.4. The van der Waals surface area contributed by atoms with Crippen LogP contribution in [-0.2, 0) is 9.47 Å². The van der Waals surface area contributed by atoms with E-state index in [1.807, 2.05) is 33.8 Å². The standard InChI is InChI=1S/C16H22BrNO4S/c1-10-8-21-9-11(18(10)15(20)22-16(2,3)4)7-12(19)13-5-6-14(17)23-13/h5-6,10-11H,7-9H2,1-4H3. The predicted octanol–water partition coefficient (Wildman–Crippen LogP) is 4.11. The number of rotatable bonds is 3. The van der Waals surface area contributed by atoms with Crippen molar-refractivity contribution in [3.05, 3.63) is 20.8 Å². The van der Waals surface area contributed by atoms with Gasteiger partial charge >= 0.3 is 6.09 Å². The summed E-state index contributed by atoms with van der Waals surface area (Å²) in [6, 6.07) is 3.22. The fourth-order valence-electron chi connectivity index (χ4n) is 2.47. The molecule has 0 N–H and O–H groups in total. The van der Waals surface area contributed by atoms with E-state index in [1.54, 1.807) is 11.0 Å². The lowest BCUT2D eigenvalue weighted by Gasteiger charge is -2.40. The average molecular weight is 404 g/mol. The highest BCUT2D eigenvalue weighted by Crippen LogP contribution is 2.26. The average Bonchev–Trinajstić information content (AvgIpc) is 2.83. The lowest BCUT2D eigenvalue weighted by molar-refractivity contribution is -0.0558. The predicted molar refractivity (Wildman–Crippen MR) is 93.1 cm³/mol. The van der Waals surface area contributed by atoms with Gasteiger partial charge in [0.15, 0.2) is 5.78 Å². The Hall–Kier alpha value is -0.920. The first-order chi connectivity index (χ1) is 10.7. The maximum atomic E-state index is 12.5. The summed E-state index contributed by atoms with van der Waals surface area (Å²) in [5, 5.41) is 0. The highest BCUT2D eigenvalue weighted by molar-refractivity contribution is 9.11. The molecular weight excluding hydrogens is 382 g/mol. The second-order valence-electron chi connectivity index (χ2n) is 6.66. The van der Waals surface area contributed by atoms with Gasteiger partial charge in [-0.3, -0.25) is 9.69 Å². The van der Waals surface area contributed by atoms with Crippen LogP contribution in [0.3, 0.4) is 0 Å². The molecule has 1 fully saturated rings. The maximum absolute atomic E-state index is 12.5. The normalized spacial score (nSPS) is 22.0. The van der Waals surface area contributed by atoms with Crippen molar-refractivity contribution in [1.82, 2.24) is 4.90 Å². The summed E-state index contributed by atoms with van der Waals surface area (Å²) in [7, 11) is 0. The van der Waals surface area contributed by atoms with Crippen molar-refractivity contribution in [3.63, 3.8) is 0 Å². The molecule has 0 saturated carbocycles. The van der Waals surface area contributed by atoms with Crippen molar-refractivity contribution in [2.45, 2.75) is 51.8 Å². The van der Waals surface area contributed by atoms with Crippen molar-refractivity contribution < 1.29 is 19.1 Å². The number of hydrogen-bond donors (Lipinski definition) is 0. The van der Waals surface area contributed by atoms with Crippen LogP contribution in [0.4, 0.5) is 4.79 Å². The molecular formula is C16H22BrNO4S. The molecule has 2 rings (SSSR count). The zero-order chi connectivity index (χ0) is 17.2. The highest BCUT2D eigenvalue weighted by atomic mass is 79.9. The van der Waals surface area contributed by atoms with Gasteiger partial charge in [-0.15, -0.1) is 11.3 Å². The molecule has 0 radical (unpaired) electrons. The van der Waals surface area contributed by atoms with E-state index in [0.717, 1.165) is 3.79 Å². The molecule has 0 aromatic carbocycles. The van der Waals surface area contributed by atoms with Gasteiger partial charge in [-0.2, -0.15) is 0 Å². The van der Waals surface area contributed by atoms with Crippen LogP contribution in [0.2, 0.25) is 0 Å². The van der Waals surface area contributed by atoms with Gasteiger partial charge in [0.1, 0.15) is 5.60 Å². The summed E-state index contributed by atoms with van der Waals surface area (Å²) >= 11 is 4.76. The summed E-state index contributed by atoms with van der Waals surface area (Å²) < 4.78 is 11.9. The highest BCUT2D eigenvalue weighted by Gasteiger charge is 2.36. The first-order valence-corrected chi connectivity index (χ1v) is 9.16. The molecule has 5 nitrogen and oxygen atoms in total. The molecule has 0 spiro atoms. The Kier molecular flexibility index (Phi) is 5.86. The molecule has 1 aliphatic heterocycles. The summed E-state index contributed by atoms with van der Waals surface area (Å²) in [6.45, 7) is 8.21. The van der Waals surface area contributed by atoms with Gasteiger partial charge in [0.25, 0.3) is 0 Å². The van der Waals surface area contributed by atoms with Crippen molar-refractivity contribution >= 4 is 39.1 Å². The number of ether oxygens (including phenoxy) is 2. The first-order valence-electron chi connectivity index (χ1n) is 7.55. The topological polar surface area (TPSA) is 55.8 Å². The van der Waals surface area contributed by atoms with E-state index in [2.05, 4.69) is 15.9 Å². The Bertz CT molecular complexity index is 581. The number of nitrogens with zero attached hydrogens (tertiary/aromatic N) is 1. The quantitative estimate of drug-likeness (QED) is 0.712. The molecule has 1 saturated heterocycles. The van der Waals surface area contributed by atoms with Gasteiger partial charge in [0.2, 0.25) is 0 Å². The minimum Gasteiger partial charge on any atom is -0.444 e. The molecule has 128 valence electrons. The van der Waals surface area contributed by atoms with E-state index in [0.29, 0.717) is 18.1 Å². The zero-order valence-corrected chi connectivity index (χ0v) is 16.2. The Morgan fingerprint density at radius 2 is 2.09 bits per heavy atom. The van der Waals surface area contributed by atoms with Crippen LogP contribution in [0.1, 0.15) is 43.8 Å². The van der Waals surface area contributed by atoms with Crippen molar-refractivity contribution in [2.75, 3.05) is 13.2 Å². The third kappa shape index (κ3) is 5.02. The molecule has 2 unspecified atom stereocenters. The number of amides is 1. The smallest absolute Gasteiger partial charge is 0.410 e. The molecule has 1 aliphatic rings. The summed E-state index contributed by atoms with van der Waals surface area (Å²) in [4.78, 5) is 27.3. The molecule has 7 heteroatoms. The van der Waals surface area contributed by atoms with Gasteiger partial charge in [-0.25, -0.2) is 4.79 Å². The van der Waals surface area contributed by atoms with E-state index in [4.69, 9.17) is 9.47 Å². The lowest BCUT2D eigenvalue weighted by atomic mass is 10.1. The largest absolute Gasteiger partial charge is 0.444 e. The van der Waals surface area contributed by atoms with Crippen LogP contribution >= 0.6 is 27.3 Å². The van der Waals surface area contributed by atoms with Crippen LogP contribution in [0.15, 0.2) is 15.9 Å². The zero-order valence-electron chi connectivity index (χ0n) is 13.8. The van der Waals surface area contributed by atoms with Gasteiger partial charge in [0.05, 0.1) is 34.0 Å². The number of carbonyl (C=O) groups is 2. The van der Waals surface area contributed by atoms with Crippen molar-refractivity contribution in [3.8, 4) is 0 Å². The second-order valence-corrected chi connectivity index (χ2v) is 9.12. The Balaban J connectivity index is 2.10. The van der Waals surface area contributed by atoms with E-state index in [9.17, 15) is 9.59 Å². The van der Waals surface area contributed by atoms with Crippen LogP contribution in [0.5, 0.6) is 0 Å². The number of carbonyl (C=O) groups excluding carboxylic acids is 2. The summed E-state index contributed by atoms with van der Waals surface area (Å²) in [5.74, 6) is 0.0111. The minimum atomic E-state index is -0.567. The molecule has 1 aromatic heterocycles. The van der Waals surface area contributed by atoms with Crippen molar-refractivity contribution in [1.29, 1.82) is 0 Å². The molecule has 1 aromatic rings. The number of thiophene rings is 1. The van der Waals surface area contributed by atoms with Crippen LogP contribution < -0.4 is 0 Å². The van der Waals surface area contributed by atoms with E-state index >= 15 is 0 Å². The van der Waals surface area contributed by atoms with Gasteiger partial charge < -0.3 is 9.47 Å². The summed E-state index contributed by atoms with van der Waals surface area (Å²) in [5.41, 5.74) is -0.567. The maximum Gasteiger partial charge on any atom is 0.410 e. The molecule has 0 bridgehead atoms. The van der Waals surface area contributed by atoms with Crippen LogP contribution in [0, 0.1) is 0 Å². The Morgan fingerprint density at radius 1 is 1.39 bits per heavy atom. The lowest BCUT2D eigenvalue weighted by Crippen LogP contribution is -2.55. The van der Waals surface area contributed by atoms with Crippen molar-refractivity contribution in [2.24, 2.45) is 0 Å². The number of morpholine rings is 1. The molecule has 0 aliphatic carbocycles. The fraction of sp³-hybridized carbons (Fsp3) is 0.625. The van der Waals surface area contributed by atoms with E-state index in [-0.39, 0.29) is 24.3 Å². The van der Waals surface area contributed by atoms with Crippen LogP contribution in [0.25, 0.3) is 0 Å². The Labute approximate surface area is 149 Å². The SMILES string of the molecule is CC1COCC(CC(=O)c2ccc(Br)s2)N1C(=O)OC(C)(C)C. The molecule has 23 heavy (non-hydrogen) atoms. The summed E-state index contributed by atoms with van der Waals surface area (Å²) in [6.07, 6.45) is -0.158. The van der Waals surface area contributed by atoms with Gasteiger partial charge in [-0.1, -0.05) is 0 Å². The third-order valence-electron chi connectivity index (χ3n) is 3.41. The van der Waals surface area contributed by atoms with Gasteiger partial charge in [-0.05, 0) is 55.8 Å². The Morgan fingerprint density at radius 3 is 2.65 bits per heavy atom. The molecule has 2 heterocycles. The number of hydrogen-bond acceptors (Lipinski definition) is 5. The molecule has 1 amide bonds. The monoisotopic (exact) mass is 403 g/mol. The number of Topliss-reactive ketones (excluding diaryl/α,β-unsaturated/α-hetero) is 1. The number of halogens is 1. The third-order valence-corrected chi connectivity index (χ3v) is 5.08. The fourth-order valence-corrected chi connectivity index (χ4v) is 3.81. The molecule has 2 atom stereocenters. The second kappa shape index (κ2) is 7.32. The van der Waals surface area contributed by atoms with E-state index in [1.165, 1.54) is 11.3 Å². The minimum absolute atomic E-state index is 0.0111. The van der Waals surface area contributed by atoms with Gasteiger partial charge in [0, 0.05) is 6.42 Å². The number of ketones is 1. The van der Waals surface area contributed by atoms with Crippen LogP contribution in [-0.4, -0.2) is 47.7 Å². The van der Waals surface area contributed by atoms with E-state index < -0.39 is 11.7 Å².